The fraction of sp³-hybridized carbons (Fsp3) is 0.647. The summed E-state index contributed by atoms with van der Waals surface area (Å²) >= 11 is 0. The number of aryl methyl sites for hydroxylation is 2. The van der Waals surface area contributed by atoms with Crippen LogP contribution in [0, 0.1) is 6.92 Å². The van der Waals surface area contributed by atoms with Gasteiger partial charge in [-0.05, 0) is 38.8 Å². The van der Waals surface area contributed by atoms with Gasteiger partial charge in [-0.1, -0.05) is 6.42 Å². The molecule has 132 valence electrons. The molecule has 1 aliphatic rings. The van der Waals surface area contributed by atoms with Gasteiger partial charge in [0, 0.05) is 26.2 Å². The van der Waals surface area contributed by atoms with Crippen molar-refractivity contribution in [2.24, 2.45) is 5.73 Å². The zero-order valence-electron chi connectivity index (χ0n) is 14.8. The minimum Gasteiger partial charge on any atom is -0.369 e. The lowest BCUT2D eigenvalue weighted by Gasteiger charge is -2.34. The maximum absolute atomic E-state index is 11.8. The molecular formula is C17H27N5O2. The number of rotatable bonds is 6. The number of hydrogen-bond acceptors (Lipinski definition) is 5. The summed E-state index contributed by atoms with van der Waals surface area (Å²) in [5.74, 6) is 0.467. The number of hydrogen-bond donors (Lipinski definition) is 1. The lowest BCUT2D eigenvalue weighted by atomic mass is 9.98. The molecule has 1 aliphatic heterocycles. The van der Waals surface area contributed by atoms with Gasteiger partial charge in [-0.3, -0.25) is 14.5 Å². The number of likely N-dealkylation sites (tertiary alicyclic amines) is 1. The minimum atomic E-state index is -0.315. The summed E-state index contributed by atoms with van der Waals surface area (Å²) in [7, 11) is 3.51. The molecule has 2 rings (SSSR count). The molecule has 0 bridgehead atoms. The van der Waals surface area contributed by atoms with Crippen LogP contribution >= 0.6 is 0 Å². The van der Waals surface area contributed by atoms with Gasteiger partial charge >= 0.3 is 0 Å². The molecule has 0 spiro atoms. The molecular weight excluding hydrogens is 306 g/mol. The summed E-state index contributed by atoms with van der Waals surface area (Å²) in [6.07, 6.45) is 4.16. The Balaban J connectivity index is 2.16. The van der Waals surface area contributed by atoms with Crippen molar-refractivity contribution in [3.8, 4) is 0 Å². The summed E-state index contributed by atoms with van der Waals surface area (Å²) < 4.78 is 0. The number of carbonyl (C=O) groups excluding carboxylic acids is 2. The van der Waals surface area contributed by atoms with Gasteiger partial charge in [0.25, 0.3) is 0 Å². The standard InChI is InChI=1S/C17H27N5O2/c1-12-19-13(7-8-17(24)21(2)3)10-14(20-12)15-6-4-5-9-22(15)11-16(18)23/h10,15H,4-9,11H2,1-3H3,(H2,18,23)/t15-/m0/s1. The van der Waals surface area contributed by atoms with Crippen molar-refractivity contribution in [2.75, 3.05) is 27.2 Å². The van der Waals surface area contributed by atoms with Gasteiger partial charge in [-0.2, -0.15) is 0 Å². The summed E-state index contributed by atoms with van der Waals surface area (Å²) in [4.78, 5) is 35.8. The van der Waals surface area contributed by atoms with Gasteiger partial charge in [-0.15, -0.1) is 0 Å². The first-order valence-corrected chi connectivity index (χ1v) is 8.43. The third kappa shape index (κ3) is 4.99. The molecule has 1 saturated heterocycles. The summed E-state index contributed by atoms with van der Waals surface area (Å²) in [5, 5.41) is 0. The van der Waals surface area contributed by atoms with Gasteiger partial charge < -0.3 is 10.6 Å². The molecule has 1 fully saturated rings. The van der Waals surface area contributed by atoms with Crippen molar-refractivity contribution in [1.82, 2.24) is 19.8 Å². The molecule has 1 aromatic rings. The molecule has 24 heavy (non-hydrogen) atoms. The highest BCUT2D eigenvalue weighted by atomic mass is 16.2. The van der Waals surface area contributed by atoms with Crippen LogP contribution in [0.1, 0.15) is 48.9 Å². The Hall–Kier alpha value is -2.02. The number of nitrogens with zero attached hydrogens (tertiary/aromatic N) is 4. The number of nitrogens with two attached hydrogens (primary N) is 1. The van der Waals surface area contributed by atoms with Crippen LogP contribution < -0.4 is 5.73 Å². The zero-order chi connectivity index (χ0) is 17.7. The Bertz CT molecular complexity index is 603. The lowest BCUT2D eigenvalue weighted by molar-refractivity contribution is -0.128. The first-order valence-electron chi connectivity index (χ1n) is 8.43. The zero-order valence-corrected chi connectivity index (χ0v) is 14.8. The lowest BCUT2D eigenvalue weighted by Crippen LogP contribution is -2.40. The Morgan fingerprint density at radius 2 is 2.08 bits per heavy atom. The molecule has 1 aromatic heterocycles. The van der Waals surface area contributed by atoms with E-state index in [1.807, 2.05) is 13.0 Å². The number of amides is 2. The van der Waals surface area contributed by atoms with Crippen molar-refractivity contribution in [1.29, 1.82) is 0 Å². The van der Waals surface area contributed by atoms with E-state index in [1.165, 1.54) is 0 Å². The molecule has 2 amide bonds. The average molecular weight is 333 g/mol. The van der Waals surface area contributed by atoms with Gasteiger partial charge in [0.2, 0.25) is 11.8 Å². The van der Waals surface area contributed by atoms with Crippen LogP contribution in [0.3, 0.4) is 0 Å². The maximum atomic E-state index is 11.8. The number of carbonyl (C=O) groups is 2. The van der Waals surface area contributed by atoms with E-state index in [9.17, 15) is 9.59 Å². The normalized spacial score (nSPS) is 18.4. The van der Waals surface area contributed by atoms with Crippen LogP contribution in [-0.4, -0.2) is 58.8 Å². The van der Waals surface area contributed by atoms with Crippen LogP contribution in [0.15, 0.2) is 6.07 Å². The smallest absolute Gasteiger partial charge is 0.231 e. The largest absolute Gasteiger partial charge is 0.369 e. The van der Waals surface area contributed by atoms with Crippen LogP contribution in [0.4, 0.5) is 0 Å². The summed E-state index contributed by atoms with van der Waals surface area (Å²) in [6, 6.07) is 2.07. The minimum absolute atomic E-state index is 0.0841. The van der Waals surface area contributed by atoms with E-state index in [0.717, 1.165) is 37.2 Å². The molecule has 2 heterocycles. The molecule has 0 radical (unpaired) electrons. The number of aromatic nitrogens is 2. The molecule has 7 heteroatoms. The molecule has 0 unspecified atom stereocenters. The molecule has 1 atom stereocenters. The molecule has 0 aliphatic carbocycles. The van der Waals surface area contributed by atoms with Crippen molar-refractivity contribution < 1.29 is 9.59 Å². The van der Waals surface area contributed by atoms with Crippen molar-refractivity contribution in [3.05, 3.63) is 23.3 Å². The number of piperidine rings is 1. The Kier molecular flexibility index (Phi) is 6.25. The monoisotopic (exact) mass is 333 g/mol. The Morgan fingerprint density at radius 1 is 1.33 bits per heavy atom. The van der Waals surface area contributed by atoms with Crippen LogP contribution in [0.5, 0.6) is 0 Å². The average Bonchev–Trinajstić information content (AvgIpc) is 2.52. The first-order chi connectivity index (χ1) is 11.4. The van der Waals surface area contributed by atoms with Crippen LogP contribution in [0.2, 0.25) is 0 Å². The highest BCUT2D eigenvalue weighted by Gasteiger charge is 2.26. The van der Waals surface area contributed by atoms with Crippen molar-refractivity contribution in [3.63, 3.8) is 0 Å². The molecule has 7 nitrogen and oxygen atoms in total. The highest BCUT2D eigenvalue weighted by Crippen LogP contribution is 2.29. The van der Waals surface area contributed by atoms with Crippen LogP contribution in [-0.2, 0) is 16.0 Å². The predicted molar refractivity (Wildman–Crippen MR) is 91.1 cm³/mol. The van der Waals surface area contributed by atoms with E-state index in [4.69, 9.17) is 5.73 Å². The van der Waals surface area contributed by atoms with Crippen molar-refractivity contribution in [2.45, 2.75) is 45.1 Å². The SMILES string of the molecule is Cc1nc(CCC(=O)N(C)C)cc([C@@H]2CCCCN2CC(N)=O)n1. The second kappa shape index (κ2) is 8.19. The summed E-state index contributed by atoms with van der Waals surface area (Å²) in [6.45, 7) is 2.97. The molecule has 0 aromatic carbocycles. The molecule has 0 saturated carbocycles. The first kappa shape index (κ1) is 18.3. The van der Waals surface area contributed by atoms with Gasteiger partial charge in [0.15, 0.2) is 0 Å². The highest BCUT2D eigenvalue weighted by molar-refractivity contribution is 5.76. The van der Waals surface area contributed by atoms with E-state index in [-0.39, 0.29) is 24.4 Å². The van der Waals surface area contributed by atoms with E-state index >= 15 is 0 Å². The van der Waals surface area contributed by atoms with Crippen molar-refractivity contribution >= 4 is 11.8 Å². The third-order valence-electron chi connectivity index (χ3n) is 4.32. The van der Waals surface area contributed by atoms with E-state index in [1.54, 1.807) is 19.0 Å². The fourth-order valence-electron chi connectivity index (χ4n) is 3.13. The number of primary amides is 1. The Labute approximate surface area is 143 Å². The van der Waals surface area contributed by atoms with Gasteiger partial charge in [0.05, 0.1) is 18.3 Å². The van der Waals surface area contributed by atoms with E-state index < -0.39 is 0 Å². The second-order valence-corrected chi connectivity index (χ2v) is 6.57. The fourth-order valence-corrected chi connectivity index (χ4v) is 3.13. The topological polar surface area (TPSA) is 92.4 Å². The quantitative estimate of drug-likeness (QED) is 0.832. The van der Waals surface area contributed by atoms with Gasteiger partial charge in [-0.25, -0.2) is 9.97 Å². The predicted octanol–water partition coefficient (Wildman–Crippen LogP) is 0.818. The van der Waals surface area contributed by atoms with Gasteiger partial charge in [0.1, 0.15) is 5.82 Å². The van der Waals surface area contributed by atoms with Crippen LogP contribution in [0.25, 0.3) is 0 Å². The maximum Gasteiger partial charge on any atom is 0.231 e. The van der Waals surface area contributed by atoms with E-state index in [0.29, 0.717) is 18.7 Å². The summed E-state index contributed by atoms with van der Waals surface area (Å²) in [5.41, 5.74) is 7.18. The second-order valence-electron chi connectivity index (χ2n) is 6.57. The Morgan fingerprint density at radius 3 is 2.75 bits per heavy atom. The molecule has 2 N–H and O–H groups in total. The van der Waals surface area contributed by atoms with E-state index in [2.05, 4.69) is 14.9 Å². The third-order valence-corrected chi connectivity index (χ3v) is 4.32.